The molecule has 3 nitrogen and oxygen atoms in total. The van der Waals surface area contributed by atoms with Gasteiger partial charge in [0.2, 0.25) is 0 Å². The van der Waals surface area contributed by atoms with Gasteiger partial charge in [-0.2, -0.15) is 0 Å². The molecule has 22 heavy (non-hydrogen) atoms. The normalized spacial score (nSPS) is 10.8. The summed E-state index contributed by atoms with van der Waals surface area (Å²) in [6, 6.07) is 16.2. The molecule has 2 aromatic rings. The van der Waals surface area contributed by atoms with E-state index in [1.165, 1.54) is 11.1 Å². The van der Waals surface area contributed by atoms with Gasteiger partial charge in [-0.25, -0.2) is 0 Å². The molecule has 0 amide bonds. The van der Waals surface area contributed by atoms with Crippen molar-refractivity contribution in [3.8, 4) is 0 Å². The molecule has 0 aliphatic rings. The Morgan fingerprint density at radius 2 is 1.64 bits per heavy atom. The molecule has 5 heteroatoms. The molecule has 0 spiro atoms. The van der Waals surface area contributed by atoms with Crippen LogP contribution in [0.4, 0.5) is 0 Å². The Kier molecular flexibility index (Phi) is 8.27. The van der Waals surface area contributed by atoms with Gasteiger partial charge in [-0.1, -0.05) is 53.6 Å². The first-order valence-corrected chi connectivity index (χ1v) is 7.29. The first-order chi connectivity index (χ1) is 10.2. The van der Waals surface area contributed by atoms with Crippen LogP contribution in [0.2, 0.25) is 5.02 Å². The van der Waals surface area contributed by atoms with Gasteiger partial charge >= 0.3 is 0 Å². The van der Waals surface area contributed by atoms with Crippen molar-refractivity contribution in [3.63, 3.8) is 0 Å². The van der Waals surface area contributed by atoms with Crippen molar-refractivity contribution < 1.29 is 0 Å². The third-order valence-corrected chi connectivity index (χ3v) is 3.39. The van der Waals surface area contributed by atoms with E-state index in [0.29, 0.717) is 6.54 Å². The molecular formula is C17H21ClIN3. The zero-order valence-corrected chi connectivity index (χ0v) is 15.9. The summed E-state index contributed by atoms with van der Waals surface area (Å²) in [4.78, 5) is 4.23. The van der Waals surface area contributed by atoms with E-state index in [2.05, 4.69) is 46.8 Å². The van der Waals surface area contributed by atoms with Crippen LogP contribution in [0.5, 0.6) is 0 Å². The lowest BCUT2D eigenvalue weighted by Gasteiger charge is -2.12. The Labute approximate surface area is 154 Å². The van der Waals surface area contributed by atoms with Crippen LogP contribution in [-0.2, 0) is 13.1 Å². The molecule has 0 aliphatic heterocycles. The average molecular weight is 430 g/mol. The number of halogens is 2. The quantitative estimate of drug-likeness (QED) is 0.435. The van der Waals surface area contributed by atoms with Gasteiger partial charge in [0.25, 0.3) is 0 Å². The fourth-order valence-electron chi connectivity index (χ4n) is 2.02. The Morgan fingerprint density at radius 3 is 2.23 bits per heavy atom. The van der Waals surface area contributed by atoms with E-state index in [4.69, 9.17) is 11.6 Å². The number of hydrogen-bond donors (Lipinski definition) is 2. The maximum Gasteiger partial charge on any atom is 0.191 e. The third kappa shape index (κ3) is 6.23. The maximum absolute atomic E-state index is 5.88. The molecule has 0 saturated carbocycles. The van der Waals surface area contributed by atoms with Crippen LogP contribution < -0.4 is 10.6 Å². The number of hydrogen-bond acceptors (Lipinski definition) is 1. The summed E-state index contributed by atoms with van der Waals surface area (Å²) in [5, 5.41) is 7.34. The van der Waals surface area contributed by atoms with Crippen molar-refractivity contribution in [2.45, 2.75) is 20.0 Å². The van der Waals surface area contributed by atoms with Crippen LogP contribution in [0.3, 0.4) is 0 Å². The summed E-state index contributed by atoms with van der Waals surface area (Å²) in [5.74, 6) is 0.784. The van der Waals surface area contributed by atoms with Gasteiger partial charge in [-0.3, -0.25) is 4.99 Å². The zero-order valence-electron chi connectivity index (χ0n) is 12.8. The first kappa shape index (κ1) is 18.8. The molecule has 0 aromatic heterocycles. The fraction of sp³-hybridized carbons (Fsp3) is 0.235. The van der Waals surface area contributed by atoms with Crippen LogP contribution in [0, 0.1) is 6.92 Å². The van der Waals surface area contributed by atoms with Crippen molar-refractivity contribution in [2.75, 3.05) is 7.05 Å². The second kappa shape index (κ2) is 9.69. The lowest BCUT2D eigenvalue weighted by molar-refractivity contribution is 0.809. The number of rotatable bonds is 4. The van der Waals surface area contributed by atoms with Gasteiger partial charge in [0.1, 0.15) is 0 Å². The maximum atomic E-state index is 5.88. The van der Waals surface area contributed by atoms with E-state index in [1.54, 1.807) is 7.05 Å². The zero-order chi connectivity index (χ0) is 15.1. The smallest absolute Gasteiger partial charge is 0.191 e. The van der Waals surface area contributed by atoms with Gasteiger partial charge in [-0.05, 0) is 30.2 Å². The molecule has 0 bridgehead atoms. The summed E-state index contributed by atoms with van der Waals surface area (Å²) < 4.78 is 0. The molecule has 0 radical (unpaired) electrons. The lowest BCUT2D eigenvalue weighted by atomic mass is 10.1. The Balaban J connectivity index is 0.00000242. The third-order valence-electron chi connectivity index (χ3n) is 3.14. The number of benzene rings is 2. The minimum atomic E-state index is 0. The standard InChI is InChI=1S/C17H20ClN3.HI/c1-13-4-3-5-15(10-13)12-21-17(19-2)20-11-14-6-8-16(18)9-7-14;/h3-10H,11-12H2,1-2H3,(H2,19,20,21);1H. The van der Waals surface area contributed by atoms with E-state index in [9.17, 15) is 0 Å². The highest BCUT2D eigenvalue weighted by atomic mass is 127. The summed E-state index contributed by atoms with van der Waals surface area (Å²) >= 11 is 5.88. The van der Waals surface area contributed by atoms with Crippen molar-refractivity contribution in [2.24, 2.45) is 4.99 Å². The molecule has 0 fully saturated rings. The average Bonchev–Trinajstić information content (AvgIpc) is 2.49. The number of nitrogens with one attached hydrogen (secondary N) is 2. The van der Waals surface area contributed by atoms with Crippen molar-refractivity contribution in [1.29, 1.82) is 0 Å². The molecule has 2 aromatic carbocycles. The van der Waals surface area contributed by atoms with Gasteiger partial charge in [0.05, 0.1) is 0 Å². The molecule has 2 N–H and O–H groups in total. The van der Waals surface area contributed by atoms with E-state index in [-0.39, 0.29) is 24.0 Å². The van der Waals surface area contributed by atoms with E-state index < -0.39 is 0 Å². The Hall–Kier alpha value is -1.27. The van der Waals surface area contributed by atoms with E-state index >= 15 is 0 Å². The fourth-order valence-corrected chi connectivity index (χ4v) is 2.14. The van der Waals surface area contributed by atoms with Crippen LogP contribution >= 0.6 is 35.6 Å². The lowest BCUT2D eigenvalue weighted by Crippen LogP contribution is -2.36. The summed E-state index contributed by atoms with van der Waals surface area (Å²) in [5.41, 5.74) is 3.67. The van der Waals surface area contributed by atoms with Crippen molar-refractivity contribution in [3.05, 3.63) is 70.2 Å². The van der Waals surface area contributed by atoms with Crippen molar-refractivity contribution in [1.82, 2.24) is 10.6 Å². The minimum absolute atomic E-state index is 0. The topological polar surface area (TPSA) is 36.4 Å². The monoisotopic (exact) mass is 429 g/mol. The highest BCUT2D eigenvalue weighted by Gasteiger charge is 1.99. The molecule has 0 aliphatic carbocycles. The Bertz CT molecular complexity index is 612. The van der Waals surface area contributed by atoms with Gasteiger partial charge in [0.15, 0.2) is 5.96 Å². The van der Waals surface area contributed by atoms with E-state index in [0.717, 1.165) is 23.1 Å². The number of aryl methyl sites for hydroxylation is 1. The van der Waals surface area contributed by atoms with E-state index in [1.807, 2.05) is 24.3 Å². The summed E-state index contributed by atoms with van der Waals surface area (Å²) in [7, 11) is 1.77. The summed E-state index contributed by atoms with van der Waals surface area (Å²) in [6.07, 6.45) is 0. The van der Waals surface area contributed by atoms with Crippen LogP contribution in [0.25, 0.3) is 0 Å². The van der Waals surface area contributed by atoms with Crippen LogP contribution in [0.1, 0.15) is 16.7 Å². The van der Waals surface area contributed by atoms with Crippen molar-refractivity contribution >= 4 is 41.5 Å². The van der Waals surface area contributed by atoms with Crippen LogP contribution in [-0.4, -0.2) is 13.0 Å². The molecule has 118 valence electrons. The summed E-state index contributed by atoms with van der Waals surface area (Å²) in [6.45, 7) is 3.56. The number of guanidine groups is 1. The van der Waals surface area contributed by atoms with Gasteiger partial charge < -0.3 is 10.6 Å². The van der Waals surface area contributed by atoms with Gasteiger partial charge in [0, 0.05) is 25.2 Å². The minimum Gasteiger partial charge on any atom is -0.352 e. The largest absolute Gasteiger partial charge is 0.352 e. The predicted molar refractivity (Wildman–Crippen MR) is 105 cm³/mol. The highest BCUT2D eigenvalue weighted by Crippen LogP contribution is 2.09. The molecular weight excluding hydrogens is 409 g/mol. The molecule has 0 heterocycles. The second-order valence-corrected chi connectivity index (χ2v) is 5.33. The highest BCUT2D eigenvalue weighted by molar-refractivity contribution is 14.0. The number of nitrogens with zero attached hydrogens (tertiary/aromatic N) is 1. The molecule has 2 rings (SSSR count). The molecule has 0 unspecified atom stereocenters. The number of aliphatic imine (C=N–C) groups is 1. The van der Waals surface area contributed by atoms with Gasteiger partial charge in [-0.15, -0.1) is 24.0 Å². The second-order valence-electron chi connectivity index (χ2n) is 4.89. The first-order valence-electron chi connectivity index (χ1n) is 6.92. The molecule has 0 atom stereocenters. The predicted octanol–water partition coefficient (Wildman–Crippen LogP) is 4.13. The molecule has 0 saturated heterocycles. The Morgan fingerprint density at radius 1 is 1.00 bits per heavy atom. The van der Waals surface area contributed by atoms with Crippen LogP contribution in [0.15, 0.2) is 53.5 Å². The SMILES string of the molecule is CN=C(NCc1ccc(Cl)cc1)NCc1cccc(C)c1.I.